The number of methoxy groups -OCH3 is 1. The molecule has 0 radical (unpaired) electrons. The quantitative estimate of drug-likeness (QED) is 0.318. The van der Waals surface area contributed by atoms with Crippen molar-refractivity contribution in [1.29, 1.82) is 0 Å². The van der Waals surface area contributed by atoms with Gasteiger partial charge in [-0.1, -0.05) is 42.5 Å². The zero-order valence-corrected chi connectivity index (χ0v) is 17.9. The Morgan fingerprint density at radius 1 is 0.871 bits per heavy atom. The molecular weight excluding hydrogens is 394 g/mol. The highest BCUT2D eigenvalue weighted by Crippen LogP contribution is 2.26. The van der Waals surface area contributed by atoms with Gasteiger partial charge in [0.25, 0.3) is 0 Å². The minimum Gasteiger partial charge on any atom is -0.468 e. The first-order valence-corrected chi connectivity index (χ1v) is 9.82. The maximum absolute atomic E-state index is 13.2. The summed E-state index contributed by atoms with van der Waals surface area (Å²) in [6.45, 7) is 3.81. The number of aryl methyl sites for hydroxylation is 2. The third kappa shape index (κ3) is 4.73. The maximum atomic E-state index is 13.2. The number of likely N-dealkylation sites (N-methyl/N-ethyl adjacent to an activating group) is 1. The largest absolute Gasteiger partial charge is 0.468 e. The molecule has 0 bridgehead atoms. The minimum absolute atomic E-state index is 0.208. The maximum Gasteiger partial charge on any atom is 0.331 e. The van der Waals surface area contributed by atoms with Crippen LogP contribution in [0.15, 0.2) is 54.6 Å². The van der Waals surface area contributed by atoms with Crippen molar-refractivity contribution in [2.24, 2.45) is 0 Å². The van der Waals surface area contributed by atoms with E-state index >= 15 is 0 Å². The molecule has 160 valence electrons. The van der Waals surface area contributed by atoms with E-state index in [4.69, 9.17) is 4.74 Å². The van der Waals surface area contributed by atoms with Crippen LogP contribution < -0.4 is 16.0 Å². The lowest BCUT2D eigenvalue weighted by Crippen LogP contribution is -2.42. The number of benzene rings is 3. The Morgan fingerprint density at radius 3 is 2.06 bits per heavy atom. The smallest absolute Gasteiger partial charge is 0.331 e. The number of amides is 2. The number of urea groups is 1. The highest BCUT2D eigenvalue weighted by atomic mass is 16.5. The normalized spacial score (nSPS) is 11.6. The van der Waals surface area contributed by atoms with E-state index in [0.717, 1.165) is 21.9 Å². The lowest BCUT2D eigenvalue weighted by atomic mass is 9.98. The Bertz CT molecular complexity index is 1140. The number of carbonyl (C=O) groups excluding carboxylic acids is 3. The predicted octanol–water partition coefficient (Wildman–Crippen LogP) is 4.04. The molecule has 7 heteroatoms. The van der Waals surface area contributed by atoms with Crippen molar-refractivity contribution < 1.29 is 19.1 Å². The molecule has 3 N–H and O–H groups in total. The number of hydrogen-bond donors (Lipinski definition) is 3. The first-order valence-electron chi connectivity index (χ1n) is 9.82. The van der Waals surface area contributed by atoms with E-state index in [9.17, 15) is 14.4 Å². The van der Waals surface area contributed by atoms with Gasteiger partial charge in [-0.2, -0.15) is 0 Å². The Kier molecular flexibility index (Phi) is 6.67. The van der Waals surface area contributed by atoms with Crippen molar-refractivity contribution in [3.8, 4) is 0 Å². The van der Waals surface area contributed by atoms with Crippen LogP contribution >= 0.6 is 0 Å². The molecule has 0 aliphatic carbocycles. The first-order chi connectivity index (χ1) is 14.8. The topological polar surface area (TPSA) is 96.5 Å². The predicted molar refractivity (Wildman–Crippen MR) is 122 cm³/mol. The van der Waals surface area contributed by atoms with Gasteiger partial charge < -0.3 is 20.7 Å². The molecule has 0 spiro atoms. The molecule has 7 nitrogen and oxygen atoms in total. The molecule has 0 saturated carbocycles. The molecule has 1 atom stereocenters. The van der Waals surface area contributed by atoms with Crippen LogP contribution in [0.4, 0.5) is 16.2 Å². The molecule has 3 aromatic carbocycles. The Labute approximate surface area is 180 Å². The summed E-state index contributed by atoms with van der Waals surface area (Å²) < 4.78 is 4.74. The van der Waals surface area contributed by atoms with Crippen molar-refractivity contribution in [1.82, 2.24) is 5.32 Å². The van der Waals surface area contributed by atoms with Crippen molar-refractivity contribution in [3.63, 3.8) is 0 Å². The van der Waals surface area contributed by atoms with Crippen LogP contribution in [0.1, 0.15) is 21.5 Å². The van der Waals surface area contributed by atoms with Gasteiger partial charge >= 0.3 is 12.0 Å². The van der Waals surface area contributed by atoms with Gasteiger partial charge in [-0.05, 0) is 54.9 Å². The summed E-state index contributed by atoms with van der Waals surface area (Å²) in [5.74, 6) is -1.20. The second kappa shape index (κ2) is 9.40. The number of anilines is 2. The SMILES string of the molecule is CN[C@H](C(=O)OC)C(=O)c1cc2ccccc2cc1NC(=O)Nc1c(C)cccc1C. The average molecular weight is 419 g/mol. The fraction of sp³-hybridized carbons (Fsp3) is 0.208. The van der Waals surface area contributed by atoms with E-state index in [1.807, 2.05) is 56.3 Å². The van der Waals surface area contributed by atoms with Crippen molar-refractivity contribution in [3.05, 3.63) is 71.3 Å². The van der Waals surface area contributed by atoms with Gasteiger partial charge in [0.2, 0.25) is 0 Å². The molecule has 0 saturated heterocycles. The second-order valence-electron chi connectivity index (χ2n) is 7.20. The molecule has 0 unspecified atom stereocenters. The number of ketones is 1. The molecule has 2 amide bonds. The zero-order valence-electron chi connectivity index (χ0n) is 17.9. The number of Topliss-reactive ketones (excluding diaryl/α,β-unsaturated/α-hetero) is 1. The third-order valence-electron chi connectivity index (χ3n) is 5.11. The summed E-state index contributed by atoms with van der Waals surface area (Å²) >= 11 is 0. The van der Waals surface area contributed by atoms with Crippen molar-refractivity contribution in [2.75, 3.05) is 24.8 Å². The van der Waals surface area contributed by atoms with Gasteiger partial charge in [0.1, 0.15) is 0 Å². The molecule has 3 rings (SSSR count). The van der Waals surface area contributed by atoms with Crippen LogP contribution in [0.3, 0.4) is 0 Å². The van der Waals surface area contributed by atoms with E-state index < -0.39 is 23.8 Å². The highest BCUT2D eigenvalue weighted by Gasteiger charge is 2.29. The number of para-hydroxylation sites is 1. The summed E-state index contributed by atoms with van der Waals surface area (Å²) in [7, 11) is 2.72. The molecular formula is C24H25N3O4. The molecule has 0 aromatic heterocycles. The second-order valence-corrected chi connectivity index (χ2v) is 7.20. The fourth-order valence-corrected chi connectivity index (χ4v) is 3.46. The van der Waals surface area contributed by atoms with Crippen LogP contribution in [-0.4, -0.2) is 38.0 Å². The Balaban J connectivity index is 2.00. The van der Waals surface area contributed by atoms with Gasteiger partial charge in [-0.3, -0.25) is 4.79 Å². The van der Waals surface area contributed by atoms with Gasteiger partial charge in [0.05, 0.1) is 12.8 Å². The molecule has 0 aliphatic rings. The van der Waals surface area contributed by atoms with Gasteiger partial charge in [0.15, 0.2) is 11.8 Å². The van der Waals surface area contributed by atoms with Crippen molar-refractivity contribution >= 4 is 39.9 Å². The standard InChI is InChI=1S/C24H25N3O4/c1-14-8-7-9-15(2)20(14)27-24(30)26-19-13-17-11-6-5-10-16(17)12-18(19)22(28)21(25-3)23(29)31-4/h5-13,21,25H,1-4H3,(H2,26,27,30)/t21-/m0/s1. The number of ether oxygens (including phenoxy) is 1. The van der Waals surface area contributed by atoms with Gasteiger partial charge in [0, 0.05) is 11.3 Å². The van der Waals surface area contributed by atoms with Gasteiger partial charge in [-0.15, -0.1) is 0 Å². The number of fused-ring (bicyclic) bond motifs is 1. The monoisotopic (exact) mass is 419 g/mol. The molecule has 31 heavy (non-hydrogen) atoms. The molecule has 0 heterocycles. The van der Waals surface area contributed by atoms with Crippen LogP contribution in [0.5, 0.6) is 0 Å². The summed E-state index contributed by atoms with van der Waals surface area (Å²) in [6, 6.07) is 14.9. The van der Waals surface area contributed by atoms with E-state index in [-0.39, 0.29) is 5.56 Å². The molecule has 0 aliphatic heterocycles. The number of carbonyl (C=O) groups is 3. The lowest BCUT2D eigenvalue weighted by Gasteiger charge is -2.18. The van der Waals surface area contributed by atoms with E-state index in [1.165, 1.54) is 14.2 Å². The summed E-state index contributed by atoms with van der Waals surface area (Å²) in [5, 5.41) is 9.96. The summed E-state index contributed by atoms with van der Waals surface area (Å²) in [6.07, 6.45) is 0. The third-order valence-corrected chi connectivity index (χ3v) is 5.11. The summed E-state index contributed by atoms with van der Waals surface area (Å²) in [4.78, 5) is 38.0. The van der Waals surface area contributed by atoms with Crippen LogP contribution in [0.2, 0.25) is 0 Å². The van der Waals surface area contributed by atoms with E-state index in [2.05, 4.69) is 16.0 Å². The highest BCUT2D eigenvalue weighted by molar-refractivity contribution is 6.18. The zero-order chi connectivity index (χ0) is 22.5. The minimum atomic E-state index is -1.19. The first kappa shape index (κ1) is 22.0. The number of nitrogens with one attached hydrogen (secondary N) is 3. The van der Waals surface area contributed by atoms with E-state index in [0.29, 0.717) is 11.4 Å². The number of rotatable bonds is 6. The average Bonchev–Trinajstić information content (AvgIpc) is 2.76. The Morgan fingerprint density at radius 2 is 1.48 bits per heavy atom. The van der Waals surface area contributed by atoms with Crippen LogP contribution in [0.25, 0.3) is 10.8 Å². The number of esters is 1. The van der Waals surface area contributed by atoms with Crippen molar-refractivity contribution in [2.45, 2.75) is 19.9 Å². The van der Waals surface area contributed by atoms with Crippen LogP contribution in [0, 0.1) is 13.8 Å². The molecule has 3 aromatic rings. The number of hydrogen-bond acceptors (Lipinski definition) is 5. The van der Waals surface area contributed by atoms with E-state index in [1.54, 1.807) is 12.1 Å². The fourth-order valence-electron chi connectivity index (χ4n) is 3.46. The summed E-state index contributed by atoms with van der Waals surface area (Å²) in [5.41, 5.74) is 3.06. The Hall–Kier alpha value is -3.71. The van der Waals surface area contributed by atoms with Gasteiger partial charge in [-0.25, -0.2) is 9.59 Å². The van der Waals surface area contributed by atoms with Crippen LogP contribution in [-0.2, 0) is 9.53 Å². The lowest BCUT2D eigenvalue weighted by molar-refractivity contribution is -0.141. The molecule has 0 fully saturated rings.